The van der Waals surface area contributed by atoms with E-state index in [-0.39, 0.29) is 0 Å². The van der Waals surface area contributed by atoms with Crippen LogP contribution in [0.5, 0.6) is 0 Å². The van der Waals surface area contributed by atoms with E-state index in [0.717, 1.165) is 39.1 Å². The average molecular weight is 257 g/mol. The van der Waals surface area contributed by atoms with Gasteiger partial charge >= 0.3 is 0 Å². The molecule has 4 heteroatoms. The van der Waals surface area contributed by atoms with E-state index in [1.807, 2.05) is 0 Å². The predicted molar refractivity (Wildman–Crippen MR) is 76.2 cm³/mol. The molecule has 0 aromatic carbocycles. The Kier molecular flexibility index (Phi) is 7.15. The lowest BCUT2D eigenvalue weighted by molar-refractivity contribution is 0.0112. The smallest absolute Gasteiger partial charge is 0.0471 e. The van der Waals surface area contributed by atoms with Crippen molar-refractivity contribution in [1.82, 2.24) is 10.9 Å². The Bertz CT molecular complexity index is 217. The van der Waals surface area contributed by atoms with Gasteiger partial charge in [-0.25, -0.2) is 0 Å². The van der Waals surface area contributed by atoms with Crippen LogP contribution in [-0.4, -0.2) is 32.3 Å². The zero-order chi connectivity index (χ0) is 13.4. The molecule has 0 saturated carbocycles. The Balaban J connectivity index is 2.32. The van der Waals surface area contributed by atoms with Gasteiger partial charge in [-0.15, -0.1) is 0 Å². The fourth-order valence-electron chi connectivity index (χ4n) is 2.55. The molecule has 1 fully saturated rings. The van der Waals surface area contributed by atoms with Gasteiger partial charge in [-0.3, -0.25) is 10.9 Å². The van der Waals surface area contributed by atoms with Crippen molar-refractivity contribution in [3.63, 3.8) is 0 Å². The molecular weight excluding hydrogens is 226 g/mol. The molecule has 0 amide bonds. The van der Waals surface area contributed by atoms with E-state index in [1.165, 1.54) is 12.8 Å². The average Bonchev–Trinajstić information content (AvgIpc) is 2.43. The van der Waals surface area contributed by atoms with E-state index >= 15 is 0 Å². The minimum absolute atomic E-state index is 0.338. The van der Waals surface area contributed by atoms with Crippen molar-refractivity contribution in [3.8, 4) is 0 Å². The van der Waals surface area contributed by atoms with Crippen molar-refractivity contribution >= 4 is 0 Å². The van der Waals surface area contributed by atoms with Crippen LogP contribution in [0.2, 0.25) is 0 Å². The van der Waals surface area contributed by atoms with Crippen LogP contribution >= 0.6 is 0 Å². The summed E-state index contributed by atoms with van der Waals surface area (Å²) in [6, 6.07) is 0.500. The number of hydrogen-bond donors (Lipinski definition) is 3. The molecule has 0 bridgehead atoms. The molecular formula is C14H31N3O. The zero-order valence-electron chi connectivity index (χ0n) is 12.3. The van der Waals surface area contributed by atoms with E-state index < -0.39 is 0 Å². The van der Waals surface area contributed by atoms with Crippen LogP contribution in [0.3, 0.4) is 0 Å². The SMILES string of the molecule is CCNN[C@H](C)C(C)CCC1(CN)CCOCC1. The molecule has 2 atom stereocenters. The second-order valence-corrected chi connectivity index (χ2v) is 5.80. The van der Waals surface area contributed by atoms with Crippen LogP contribution in [-0.2, 0) is 4.74 Å². The lowest BCUT2D eigenvalue weighted by atomic mass is 9.74. The fraction of sp³-hybridized carbons (Fsp3) is 1.00. The van der Waals surface area contributed by atoms with Gasteiger partial charge in [0.25, 0.3) is 0 Å². The molecule has 0 aromatic heterocycles. The second-order valence-electron chi connectivity index (χ2n) is 5.80. The minimum atomic E-state index is 0.338. The van der Waals surface area contributed by atoms with Gasteiger partial charge in [0, 0.05) is 25.8 Å². The molecule has 0 spiro atoms. The maximum absolute atomic E-state index is 6.00. The molecule has 1 aliphatic rings. The van der Waals surface area contributed by atoms with E-state index in [0.29, 0.717) is 17.4 Å². The van der Waals surface area contributed by atoms with Crippen molar-refractivity contribution in [2.45, 2.75) is 52.5 Å². The molecule has 108 valence electrons. The molecule has 1 saturated heterocycles. The minimum Gasteiger partial charge on any atom is -0.381 e. The molecule has 18 heavy (non-hydrogen) atoms. The number of hydrazine groups is 1. The Morgan fingerprint density at radius 1 is 1.28 bits per heavy atom. The maximum atomic E-state index is 6.00. The number of rotatable bonds is 8. The van der Waals surface area contributed by atoms with Crippen LogP contribution in [0.25, 0.3) is 0 Å². The third-order valence-corrected chi connectivity index (χ3v) is 4.48. The molecule has 0 aliphatic carbocycles. The molecule has 4 nitrogen and oxygen atoms in total. The highest BCUT2D eigenvalue weighted by Gasteiger charge is 2.31. The lowest BCUT2D eigenvalue weighted by Crippen LogP contribution is -2.43. The van der Waals surface area contributed by atoms with Gasteiger partial charge in [0.2, 0.25) is 0 Å². The standard InChI is InChI=1S/C14H31N3O/c1-4-16-17-13(3)12(2)5-6-14(11-15)7-9-18-10-8-14/h12-13,16-17H,4-11,15H2,1-3H3/t12?,13-/m1/s1. The summed E-state index contributed by atoms with van der Waals surface area (Å²) in [4.78, 5) is 0. The highest BCUT2D eigenvalue weighted by atomic mass is 16.5. The first-order valence-electron chi connectivity index (χ1n) is 7.40. The molecule has 1 aliphatic heterocycles. The molecule has 1 heterocycles. The molecule has 4 N–H and O–H groups in total. The Hall–Kier alpha value is -0.160. The topological polar surface area (TPSA) is 59.3 Å². The third-order valence-electron chi connectivity index (χ3n) is 4.48. The summed E-state index contributed by atoms with van der Waals surface area (Å²) in [7, 11) is 0. The van der Waals surface area contributed by atoms with Crippen molar-refractivity contribution in [2.75, 3.05) is 26.3 Å². The molecule has 1 rings (SSSR count). The second kappa shape index (κ2) is 8.10. The predicted octanol–water partition coefficient (Wildman–Crippen LogP) is 1.66. The highest BCUT2D eigenvalue weighted by molar-refractivity contribution is 4.84. The van der Waals surface area contributed by atoms with Crippen molar-refractivity contribution in [3.05, 3.63) is 0 Å². The number of nitrogens with two attached hydrogens (primary N) is 1. The third kappa shape index (κ3) is 4.84. The number of hydrogen-bond acceptors (Lipinski definition) is 4. The number of ether oxygens (including phenoxy) is 1. The van der Waals surface area contributed by atoms with Gasteiger partial charge in [-0.2, -0.15) is 0 Å². The fourth-order valence-corrected chi connectivity index (χ4v) is 2.55. The van der Waals surface area contributed by atoms with Crippen molar-refractivity contribution in [2.24, 2.45) is 17.1 Å². The molecule has 0 radical (unpaired) electrons. The Morgan fingerprint density at radius 2 is 1.94 bits per heavy atom. The monoisotopic (exact) mass is 257 g/mol. The first-order valence-corrected chi connectivity index (χ1v) is 7.40. The summed E-state index contributed by atoms with van der Waals surface area (Å²) in [6.07, 6.45) is 4.72. The normalized spacial score (nSPS) is 22.7. The van der Waals surface area contributed by atoms with Crippen LogP contribution in [0.4, 0.5) is 0 Å². The van der Waals surface area contributed by atoms with Gasteiger partial charge in [-0.05, 0) is 50.5 Å². The Morgan fingerprint density at radius 3 is 2.50 bits per heavy atom. The van der Waals surface area contributed by atoms with Gasteiger partial charge in [0.15, 0.2) is 0 Å². The van der Waals surface area contributed by atoms with Crippen LogP contribution in [0.15, 0.2) is 0 Å². The summed E-state index contributed by atoms with van der Waals surface area (Å²) in [6.45, 7) is 10.2. The molecule has 0 aromatic rings. The maximum Gasteiger partial charge on any atom is 0.0471 e. The van der Waals surface area contributed by atoms with E-state index in [9.17, 15) is 0 Å². The summed E-state index contributed by atoms with van der Waals surface area (Å²) in [5.41, 5.74) is 12.9. The van der Waals surface area contributed by atoms with E-state index in [4.69, 9.17) is 10.5 Å². The summed E-state index contributed by atoms with van der Waals surface area (Å²) in [5.74, 6) is 0.662. The number of nitrogens with one attached hydrogen (secondary N) is 2. The van der Waals surface area contributed by atoms with Crippen molar-refractivity contribution < 1.29 is 4.74 Å². The largest absolute Gasteiger partial charge is 0.381 e. The lowest BCUT2D eigenvalue weighted by Gasteiger charge is -2.37. The van der Waals surface area contributed by atoms with E-state index in [1.54, 1.807) is 0 Å². The Labute approximate surface area is 112 Å². The molecule has 1 unspecified atom stereocenters. The van der Waals surface area contributed by atoms with Gasteiger partial charge in [0.05, 0.1) is 0 Å². The first-order chi connectivity index (χ1) is 8.63. The van der Waals surface area contributed by atoms with E-state index in [2.05, 4.69) is 31.6 Å². The highest BCUT2D eigenvalue weighted by Crippen LogP contribution is 2.35. The van der Waals surface area contributed by atoms with Gasteiger partial charge in [0.1, 0.15) is 0 Å². The van der Waals surface area contributed by atoms with Crippen LogP contribution < -0.4 is 16.6 Å². The summed E-state index contributed by atoms with van der Waals surface area (Å²) in [5, 5.41) is 0. The quantitative estimate of drug-likeness (QED) is 0.579. The summed E-state index contributed by atoms with van der Waals surface area (Å²) < 4.78 is 5.46. The first kappa shape index (κ1) is 15.9. The van der Waals surface area contributed by atoms with Crippen LogP contribution in [0, 0.1) is 11.3 Å². The zero-order valence-corrected chi connectivity index (χ0v) is 12.3. The van der Waals surface area contributed by atoms with Crippen LogP contribution in [0.1, 0.15) is 46.5 Å². The van der Waals surface area contributed by atoms with Gasteiger partial charge in [-0.1, -0.05) is 13.8 Å². The van der Waals surface area contributed by atoms with Crippen molar-refractivity contribution in [1.29, 1.82) is 0 Å². The summed E-state index contributed by atoms with van der Waals surface area (Å²) >= 11 is 0. The van der Waals surface area contributed by atoms with Gasteiger partial charge < -0.3 is 10.5 Å².